The Bertz CT molecular complexity index is 1320. The first kappa shape index (κ1) is 21.1. The maximum atomic E-state index is 12.8. The molecule has 0 unspecified atom stereocenters. The number of ether oxygens (including phenoxy) is 4. The van der Waals surface area contributed by atoms with Crippen LogP contribution in [0.25, 0.3) is 0 Å². The molecule has 0 fully saturated rings. The third-order valence-electron chi connectivity index (χ3n) is 5.20. The summed E-state index contributed by atoms with van der Waals surface area (Å²) >= 11 is 0. The molecule has 170 valence electrons. The summed E-state index contributed by atoms with van der Waals surface area (Å²) in [6.07, 6.45) is 0. The van der Waals surface area contributed by atoms with Gasteiger partial charge in [0.15, 0.2) is 23.0 Å². The van der Waals surface area contributed by atoms with Crippen LogP contribution in [0.2, 0.25) is 0 Å². The monoisotopic (exact) mass is 468 g/mol. The Morgan fingerprint density at radius 2 is 1.36 bits per heavy atom. The third kappa shape index (κ3) is 4.57. The number of nitrogens with one attached hydrogen (secondary N) is 2. The summed E-state index contributed by atoms with van der Waals surface area (Å²) < 4.78 is 49.3. The molecule has 0 atom stereocenters. The highest BCUT2D eigenvalue weighted by atomic mass is 32.2. The molecule has 33 heavy (non-hydrogen) atoms. The van der Waals surface area contributed by atoms with E-state index in [0.29, 0.717) is 23.0 Å². The maximum absolute atomic E-state index is 12.8. The molecule has 3 aromatic rings. The van der Waals surface area contributed by atoms with E-state index in [4.69, 9.17) is 18.9 Å². The van der Waals surface area contributed by atoms with Crippen LogP contribution in [0.15, 0.2) is 65.6 Å². The number of sulfonamides is 1. The average Bonchev–Trinajstić information content (AvgIpc) is 3.50. The first-order valence-corrected chi connectivity index (χ1v) is 11.6. The van der Waals surface area contributed by atoms with Gasteiger partial charge in [0.2, 0.25) is 23.6 Å². The Kier molecular flexibility index (Phi) is 5.53. The number of benzene rings is 3. The lowest BCUT2D eigenvalue weighted by Gasteiger charge is -2.10. The van der Waals surface area contributed by atoms with E-state index in [1.54, 1.807) is 36.4 Å². The predicted molar refractivity (Wildman–Crippen MR) is 117 cm³/mol. The predicted octanol–water partition coefficient (Wildman–Crippen LogP) is 2.55. The van der Waals surface area contributed by atoms with Gasteiger partial charge in [0.1, 0.15) is 0 Å². The lowest BCUT2D eigenvalue weighted by atomic mass is 10.2. The van der Waals surface area contributed by atoms with Crippen LogP contribution >= 0.6 is 0 Å². The summed E-state index contributed by atoms with van der Waals surface area (Å²) in [6.45, 7) is 0.650. The molecule has 10 heteroatoms. The van der Waals surface area contributed by atoms with Gasteiger partial charge < -0.3 is 24.3 Å². The summed E-state index contributed by atoms with van der Waals surface area (Å²) in [6, 6.07) is 16.5. The van der Waals surface area contributed by atoms with Gasteiger partial charge in [0, 0.05) is 18.7 Å². The first-order chi connectivity index (χ1) is 16.0. The summed E-state index contributed by atoms with van der Waals surface area (Å²) in [5.74, 6) is 2.11. The Hall–Kier alpha value is -3.76. The van der Waals surface area contributed by atoms with Crippen molar-refractivity contribution in [2.45, 2.75) is 18.0 Å². The fourth-order valence-corrected chi connectivity index (χ4v) is 4.52. The van der Waals surface area contributed by atoms with Gasteiger partial charge in [-0.3, -0.25) is 4.79 Å². The topological polar surface area (TPSA) is 112 Å². The molecular formula is C23H20N2O7S. The SMILES string of the molecule is O=C(NCc1ccc2c(c1)OCO2)c1cccc(S(=O)(=O)NCc2ccc3c(c2)OCO3)c1. The zero-order valence-electron chi connectivity index (χ0n) is 17.4. The number of hydrogen-bond donors (Lipinski definition) is 2. The maximum Gasteiger partial charge on any atom is 0.251 e. The van der Waals surface area contributed by atoms with E-state index in [1.165, 1.54) is 18.2 Å². The molecule has 5 rings (SSSR count). The normalized spacial score (nSPS) is 13.7. The summed E-state index contributed by atoms with van der Waals surface area (Å²) in [7, 11) is -3.83. The van der Waals surface area contributed by atoms with Crippen molar-refractivity contribution in [3.05, 3.63) is 77.4 Å². The van der Waals surface area contributed by atoms with Gasteiger partial charge in [-0.05, 0) is 53.6 Å². The van der Waals surface area contributed by atoms with E-state index in [9.17, 15) is 13.2 Å². The van der Waals surface area contributed by atoms with E-state index < -0.39 is 10.0 Å². The second-order valence-electron chi connectivity index (χ2n) is 7.41. The minimum Gasteiger partial charge on any atom is -0.454 e. The van der Waals surface area contributed by atoms with Crippen molar-refractivity contribution in [3.8, 4) is 23.0 Å². The number of hydrogen-bond acceptors (Lipinski definition) is 7. The fourth-order valence-electron chi connectivity index (χ4n) is 3.45. The smallest absolute Gasteiger partial charge is 0.251 e. The standard InChI is InChI=1S/C23H20N2O7S/c26-23(24-11-15-4-6-19-21(8-15)31-13-29-19)17-2-1-3-18(10-17)33(27,28)25-12-16-5-7-20-22(9-16)32-14-30-20/h1-10,25H,11-14H2,(H,24,26). The minimum absolute atomic E-state index is 0.000951. The van der Waals surface area contributed by atoms with Crippen molar-refractivity contribution < 1.29 is 32.2 Å². The third-order valence-corrected chi connectivity index (χ3v) is 6.60. The molecule has 0 saturated heterocycles. The van der Waals surface area contributed by atoms with Crippen molar-refractivity contribution in [2.24, 2.45) is 0 Å². The second kappa shape index (κ2) is 8.64. The summed E-state index contributed by atoms with van der Waals surface area (Å²) in [5.41, 5.74) is 1.80. The van der Waals surface area contributed by atoms with Gasteiger partial charge in [-0.25, -0.2) is 13.1 Å². The van der Waals surface area contributed by atoms with Crippen molar-refractivity contribution in [3.63, 3.8) is 0 Å². The highest BCUT2D eigenvalue weighted by molar-refractivity contribution is 7.89. The molecule has 0 saturated carbocycles. The summed E-state index contributed by atoms with van der Waals surface area (Å²) in [5, 5.41) is 2.79. The number of carbonyl (C=O) groups is 1. The van der Waals surface area contributed by atoms with Gasteiger partial charge in [-0.1, -0.05) is 18.2 Å². The van der Waals surface area contributed by atoms with Gasteiger partial charge >= 0.3 is 0 Å². The fraction of sp³-hybridized carbons (Fsp3) is 0.174. The van der Waals surface area contributed by atoms with Crippen molar-refractivity contribution >= 4 is 15.9 Å². The molecule has 3 aromatic carbocycles. The number of rotatable bonds is 7. The van der Waals surface area contributed by atoms with Gasteiger partial charge in [-0.15, -0.1) is 0 Å². The molecule has 9 nitrogen and oxygen atoms in total. The van der Waals surface area contributed by atoms with Crippen LogP contribution in [0, 0.1) is 0 Å². The van der Waals surface area contributed by atoms with Crippen LogP contribution in [0.5, 0.6) is 23.0 Å². The molecule has 2 heterocycles. The Morgan fingerprint density at radius 1 is 0.758 bits per heavy atom. The van der Waals surface area contributed by atoms with Crippen LogP contribution in [0.4, 0.5) is 0 Å². The number of carbonyl (C=O) groups excluding carboxylic acids is 1. The molecule has 2 N–H and O–H groups in total. The molecule has 0 bridgehead atoms. The van der Waals surface area contributed by atoms with E-state index in [0.717, 1.165) is 11.1 Å². The van der Waals surface area contributed by atoms with Crippen LogP contribution in [0.1, 0.15) is 21.5 Å². The molecule has 0 aliphatic carbocycles. The van der Waals surface area contributed by atoms with Crippen molar-refractivity contribution in [2.75, 3.05) is 13.6 Å². The van der Waals surface area contributed by atoms with E-state index in [1.807, 2.05) is 6.07 Å². The van der Waals surface area contributed by atoms with E-state index in [-0.39, 0.29) is 43.0 Å². The number of fused-ring (bicyclic) bond motifs is 2. The van der Waals surface area contributed by atoms with Crippen LogP contribution < -0.4 is 29.0 Å². The molecule has 0 radical (unpaired) electrons. The van der Waals surface area contributed by atoms with Crippen LogP contribution in [-0.2, 0) is 23.1 Å². The van der Waals surface area contributed by atoms with Crippen molar-refractivity contribution in [1.82, 2.24) is 10.0 Å². The Morgan fingerprint density at radius 3 is 2.03 bits per heavy atom. The molecule has 0 spiro atoms. The van der Waals surface area contributed by atoms with Crippen molar-refractivity contribution in [1.29, 1.82) is 0 Å². The lowest BCUT2D eigenvalue weighted by molar-refractivity contribution is 0.0950. The summed E-state index contributed by atoms with van der Waals surface area (Å²) in [4.78, 5) is 12.6. The molecule has 0 aromatic heterocycles. The zero-order valence-corrected chi connectivity index (χ0v) is 18.2. The first-order valence-electron chi connectivity index (χ1n) is 10.1. The largest absolute Gasteiger partial charge is 0.454 e. The quantitative estimate of drug-likeness (QED) is 0.548. The van der Waals surface area contributed by atoms with Gasteiger partial charge in [-0.2, -0.15) is 0 Å². The highest BCUT2D eigenvalue weighted by Gasteiger charge is 2.18. The van der Waals surface area contributed by atoms with Crippen LogP contribution in [-0.4, -0.2) is 27.9 Å². The molecule has 2 aliphatic rings. The lowest BCUT2D eigenvalue weighted by Crippen LogP contribution is -2.25. The van der Waals surface area contributed by atoms with Gasteiger partial charge in [0.05, 0.1) is 4.90 Å². The van der Waals surface area contributed by atoms with Gasteiger partial charge in [0.25, 0.3) is 5.91 Å². The minimum atomic E-state index is -3.83. The average molecular weight is 468 g/mol. The Labute approximate surface area is 190 Å². The highest BCUT2D eigenvalue weighted by Crippen LogP contribution is 2.33. The van der Waals surface area contributed by atoms with E-state index in [2.05, 4.69) is 10.0 Å². The molecular weight excluding hydrogens is 448 g/mol. The second-order valence-corrected chi connectivity index (χ2v) is 9.18. The molecule has 2 aliphatic heterocycles. The van der Waals surface area contributed by atoms with E-state index >= 15 is 0 Å². The molecule has 1 amide bonds. The number of amides is 1. The Balaban J connectivity index is 1.23. The zero-order chi connectivity index (χ0) is 22.8. The van der Waals surface area contributed by atoms with Crippen LogP contribution in [0.3, 0.4) is 0 Å².